The SMILES string of the molecule is COCCNC(=O)CNc1nc2ccc(N)cc2[nH]1. The van der Waals surface area contributed by atoms with E-state index in [2.05, 4.69) is 20.6 Å². The van der Waals surface area contributed by atoms with Crippen LogP contribution in [0.25, 0.3) is 11.0 Å². The molecule has 7 nitrogen and oxygen atoms in total. The average molecular weight is 263 g/mol. The summed E-state index contributed by atoms with van der Waals surface area (Å²) in [6, 6.07) is 5.40. The Balaban J connectivity index is 1.89. The van der Waals surface area contributed by atoms with Crippen LogP contribution in [0.5, 0.6) is 0 Å². The van der Waals surface area contributed by atoms with Crippen LogP contribution >= 0.6 is 0 Å². The lowest BCUT2D eigenvalue weighted by atomic mass is 10.3. The van der Waals surface area contributed by atoms with E-state index >= 15 is 0 Å². The molecule has 0 aliphatic rings. The number of nitrogens with two attached hydrogens (primary N) is 1. The normalized spacial score (nSPS) is 10.6. The second-order valence-electron chi connectivity index (χ2n) is 4.06. The first-order valence-electron chi connectivity index (χ1n) is 5.94. The Morgan fingerprint density at radius 2 is 2.37 bits per heavy atom. The molecule has 2 rings (SSSR count). The fourth-order valence-electron chi connectivity index (χ4n) is 1.63. The number of benzene rings is 1. The molecule has 5 N–H and O–H groups in total. The van der Waals surface area contributed by atoms with Crippen LogP contribution in [0.4, 0.5) is 11.6 Å². The van der Waals surface area contributed by atoms with Crippen LogP contribution in [0, 0.1) is 0 Å². The van der Waals surface area contributed by atoms with Crippen LogP contribution in [-0.4, -0.2) is 42.7 Å². The van der Waals surface area contributed by atoms with Gasteiger partial charge in [-0.1, -0.05) is 0 Å². The van der Waals surface area contributed by atoms with Crippen molar-refractivity contribution in [1.29, 1.82) is 0 Å². The number of carbonyl (C=O) groups excluding carboxylic acids is 1. The van der Waals surface area contributed by atoms with Gasteiger partial charge in [0.05, 0.1) is 24.2 Å². The molecule has 2 aromatic rings. The van der Waals surface area contributed by atoms with E-state index in [4.69, 9.17) is 10.5 Å². The third kappa shape index (κ3) is 3.59. The van der Waals surface area contributed by atoms with E-state index in [9.17, 15) is 4.79 Å². The molecule has 0 radical (unpaired) electrons. The molecular weight excluding hydrogens is 246 g/mol. The van der Waals surface area contributed by atoms with Gasteiger partial charge in [-0.2, -0.15) is 0 Å². The molecule has 0 atom stereocenters. The Morgan fingerprint density at radius 1 is 1.53 bits per heavy atom. The molecule has 7 heteroatoms. The minimum absolute atomic E-state index is 0.114. The lowest BCUT2D eigenvalue weighted by Gasteiger charge is -2.04. The molecule has 1 aromatic heterocycles. The number of methoxy groups -OCH3 is 1. The van der Waals surface area contributed by atoms with Crippen LogP contribution in [-0.2, 0) is 9.53 Å². The van der Waals surface area contributed by atoms with Gasteiger partial charge in [-0.05, 0) is 18.2 Å². The molecule has 1 heterocycles. The summed E-state index contributed by atoms with van der Waals surface area (Å²) in [7, 11) is 1.59. The van der Waals surface area contributed by atoms with E-state index in [1.807, 2.05) is 6.07 Å². The molecule has 0 unspecified atom stereocenters. The molecular formula is C12H17N5O2. The fourth-order valence-corrected chi connectivity index (χ4v) is 1.63. The highest BCUT2D eigenvalue weighted by Crippen LogP contribution is 2.16. The standard InChI is InChI=1S/C12H17N5O2/c1-19-5-4-14-11(18)7-15-12-16-9-3-2-8(13)6-10(9)17-12/h2-3,6H,4-5,7,13H2,1H3,(H,14,18)(H2,15,16,17). The van der Waals surface area contributed by atoms with Crippen molar-refractivity contribution in [2.45, 2.75) is 0 Å². The Labute approximate surface area is 110 Å². The van der Waals surface area contributed by atoms with E-state index in [0.29, 0.717) is 24.8 Å². The molecule has 0 aliphatic carbocycles. The number of anilines is 2. The smallest absolute Gasteiger partial charge is 0.239 e. The molecule has 0 fully saturated rings. The molecule has 0 aliphatic heterocycles. The van der Waals surface area contributed by atoms with Crippen molar-refractivity contribution >= 4 is 28.6 Å². The fraction of sp³-hybridized carbons (Fsp3) is 0.333. The Morgan fingerprint density at radius 3 is 3.16 bits per heavy atom. The summed E-state index contributed by atoms with van der Waals surface area (Å²) in [4.78, 5) is 18.8. The summed E-state index contributed by atoms with van der Waals surface area (Å²) in [6.07, 6.45) is 0. The Hall–Kier alpha value is -2.28. The van der Waals surface area contributed by atoms with Crippen molar-refractivity contribution in [2.24, 2.45) is 0 Å². The molecule has 1 aromatic carbocycles. The lowest BCUT2D eigenvalue weighted by molar-refractivity contribution is -0.119. The zero-order valence-electron chi connectivity index (χ0n) is 10.7. The van der Waals surface area contributed by atoms with Gasteiger partial charge in [0.1, 0.15) is 0 Å². The summed E-state index contributed by atoms with van der Waals surface area (Å²) in [6.45, 7) is 1.14. The minimum Gasteiger partial charge on any atom is -0.399 e. The number of nitrogens with zero attached hydrogens (tertiary/aromatic N) is 1. The van der Waals surface area contributed by atoms with E-state index in [1.54, 1.807) is 19.2 Å². The zero-order chi connectivity index (χ0) is 13.7. The number of carbonyl (C=O) groups is 1. The number of amides is 1. The Bertz CT molecular complexity index is 566. The number of aromatic nitrogens is 2. The maximum absolute atomic E-state index is 11.5. The van der Waals surface area contributed by atoms with Gasteiger partial charge in [0.15, 0.2) is 0 Å². The van der Waals surface area contributed by atoms with Crippen LogP contribution < -0.4 is 16.4 Å². The molecule has 1 amide bonds. The molecule has 0 saturated carbocycles. The number of hydrogen-bond acceptors (Lipinski definition) is 5. The van der Waals surface area contributed by atoms with Crippen molar-refractivity contribution < 1.29 is 9.53 Å². The zero-order valence-corrected chi connectivity index (χ0v) is 10.7. The third-order valence-electron chi connectivity index (χ3n) is 2.55. The summed E-state index contributed by atoms with van der Waals surface area (Å²) < 4.78 is 4.84. The molecule has 102 valence electrons. The number of imidazole rings is 1. The van der Waals surface area contributed by atoms with Gasteiger partial charge in [0, 0.05) is 19.3 Å². The molecule has 0 saturated heterocycles. The predicted octanol–water partition coefficient (Wildman–Crippen LogP) is 0.320. The number of nitrogens with one attached hydrogen (secondary N) is 3. The quantitative estimate of drug-likeness (QED) is 0.444. The Kier molecular flexibility index (Phi) is 4.19. The average Bonchev–Trinajstić information content (AvgIpc) is 2.78. The first kappa shape index (κ1) is 13.2. The lowest BCUT2D eigenvalue weighted by Crippen LogP contribution is -2.32. The van der Waals surface area contributed by atoms with Gasteiger partial charge in [0.2, 0.25) is 11.9 Å². The van der Waals surface area contributed by atoms with Gasteiger partial charge in [-0.25, -0.2) is 4.98 Å². The summed E-state index contributed by atoms with van der Waals surface area (Å²) in [5.74, 6) is 0.430. The van der Waals surface area contributed by atoms with Crippen LogP contribution in [0.3, 0.4) is 0 Å². The first-order valence-corrected chi connectivity index (χ1v) is 5.94. The monoisotopic (exact) mass is 263 g/mol. The van der Waals surface area contributed by atoms with E-state index in [0.717, 1.165) is 11.0 Å². The maximum Gasteiger partial charge on any atom is 0.239 e. The predicted molar refractivity (Wildman–Crippen MR) is 73.9 cm³/mol. The van der Waals surface area contributed by atoms with Crippen molar-refractivity contribution in [2.75, 3.05) is 37.9 Å². The largest absolute Gasteiger partial charge is 0.399 e. The highest BCUT2D eigenvalue weighted by molar-refractivity contribution is 5.83. The van der Waals surface area contributed by atoms with Gasteiger partial charge in [0.25, 0.3) is 0 Å². The van der Waals surface area contributed by atoms with Crippen molar-refractivity contribution in [3.63, 3.8) is 0 Å². The topological polar surface area (TPSA) is 105 Å². The number of ether oxygens (including phenoxy) is 1. The highest BCUT2D eigenvalue weighted by Gasteiger charge is 2.05. The van der Waals surface area contributed by atoms with Gasteiger partial charge in [-0.3, -0.25) is 4.79 Å². The van der Waals surface area contributed by atoms with Crippen molar-refractivity contribution in [1.82, 2.24) is 15.3 Å². The number of fused-ring (bicyclic) bond motifs is 1. The summed E-state index contributed by atoms with van der Waals surface area (Å²) >= 11 is 0. The van der Waals surface area contributed by atoms with Crippen LogP contribution in [0.2, 0.25) is 0 Å². The molecule has 0 bridgehead atoms. The molecule has 19 heavy (non-hydrogen) atoms. The van der Waals surface area contributed by atoms with Crippen molar-refractivity contribution in [3.8, 4) is 0 Å². The number of rotatable bonds is 6. The number of nitrogen functional groups attached to an aromatic ring is 1. The number of hydrogen-bond donors (Lipinski definition) is 4. The first-order chi connectivity index (χ1) is 9.19. The number of aromatic amines is 1. The van der Waals surface area contributed by atoms with Crippen LogP contribution in [0.15, 0.2) is 18.2 Å². The van der Waals surface area contributed by atoms with E-state index in [1.165, 1.54) is 0 Å². The maximum atomic E-state index is 11.5. The van der Waals surface area contributed by atoms with Crippen LogP contribution in [0.1, 0.15) is 0 Å². The second kappa shape index (κ2) is 6.05. The summed E-state index contributed by atoms with van der Waals surface area (Å²) in [5, 5.41) is 5.63. The third-order valence-corrected chi connectivity index (χ3v) is 2.55. The van der Waals surface area contributed by atoms with Gasteiger partial charge in [-0.15, -0.1) is 0 Å². The van der Waals surface area contributed by atoms with Gasteiger partial charge >= 0.3 is 0 Å². The highest BCUT2D eigenvalue weighted by atomic mass is 16.5. The second-order valence-corrected chi connectivity index (χ2v) is 4.06. The minimum atomic E-state index is -0.114. The summed E-state index contributed by atoms with van der Waals surface area (Å²) in [5.41, 5.74) is 7.98. The van der Waals surface area contributed by atoms with Crippen molar-refractivity contribution in [3.05, 3.63) is 18.2 Å². The van der Waals surface area contributed by atoms with E-state index in [-0.39, 0.29) is 12.5 Å². The van der Waals surface area contributed by atoms with Gasteiger partial charge < -0.3 is 26.1 Å². The number of H-pyrrole nitrogens is 1. The molecule has 0 spiro atoms. The van der Waals surface area contributed by atoms with E-state index < -0.39 is 0 Å².